The lowest BCUT2D eigenvalue weighted by molar-refractivity contribution is -0.122. The van der Waals surface area contributed by atoms with Gasteiger partial charge in [-0.3, -0.25) is 9.69 Å². The molecule has 1 saturated carbocycles. The van der Waals surface area contributed by atoms with E-state index in [1.165, 1.54) is 43.6 Å². The summed E-state index contributed by atoms with van der Waals surface area (Å²) in [4.78, 5) is 18.3. The van der Waals surface area contributed by atoms with E-state index in [4.69, 9.17) is 4.74 Å². The predicted octanol–water partition coefficient (Wildman–Crippen LogP) is 2.87. The highest BCUT2D eigenvalue weighted by molar-refractivity contribution is 5.97. The van der Waals surface area contributed by atoms with Gasteiger partial charge < -0.3 is 9.64 Å². The van der Waals surface area contributed by atoms with Gasteiger partial charge in [0.2, 0.25) is 5.91 Å². The van der Waals surface area contributed by atoms with Crippen LogP contribution in [0, 0.1) is 11.3 Å². The second-order valence-electron chi connectivity index (χ2n) is 9.82. The zero-order chi connectivity index (χ0) is 17.8. The van der Waals surface area contributed by atoms with Crippen molar-refractivity contribution in [3.05, 3.63) is 41.5 Å². The fourth-order valence-corrected chi connectivity index (χ4v) is 7.75. The van der Waals surface area contributed by atoms with Gasteiger partial charge in [-0.15, -0.1) is 0 Å². The van der Waals surface area contributed by atoms with E-state index in [-0.39, 0.29) is 17.4 Å². The first-order valence-electron chi connectivity index (χ1n) is 10.6. The third-order valence-electron chi connectivity index (χ3n) is 8.78. The second kappa shape index (κ2) is 4.84. The van der Waals surface area contributed by atoms with E-state index in [0.29, 0.717) is 24.5 Å². The maximum Gasteiger partial charge on any atom is 0.229 e. The molecule has 4 nitrogen and oxygen atoms in total. The number of nitrogens with zero attached hydrogens (tertiary/aromatic N) is 2. The SMILES string of the molecule is O=C1C[C@H]2C[C@@]34CC(CN5CC[C@]6(CN1c1ccccc16)[C@@H]5C3)C4=CCO2. The van der Waals surface area contributed by atoms with Crippen molar-refractivity contribution in [3.63, 3.8) is 0 Å². The lowest BCUT2D eigenvalue weighted by Crippen LogP contribution is -2.50. The number of benzene rings is 1. The van der Waals surface area contributed by atoms with E-state index in [9.17, 15) is 4.79 Å². The van der Waals surface area contributed by atoms with Gasteiger partial charge in [-0.25, -0.2) is 0 Å². The highest BCUT2D eigenvalue weighted by Crippen LogP contribution is 2.64. The van der Waals surface area contributed by atoms with Crippen molar-refractivity contribution in [2.24, 2.45) is 11.3 Å². The summed E-state index contributed by atoms with van der Waals surface area (Å²) in [6.07, 6.45) is 7.80. The maximum atomic E-state index is 13.4. The Hall–Kier alpha value is -1.65. The minimum atomic E-state index is 0.0698. The molecule has 4 heteroatoms. The standard InChI is InChI=1S/C23H26N2O2/c26-21-9-16-11-22-10-15(17(22)5-8-27-16)13-24-7-6-23(20(24)12-22)14-25(21)19-4-2-1-3-18(19)23/h1-5,15-16,20H,6-14H2/t15?,16-,20-,22-,23+/m0/s1. The van der Waals surface area contributed by atoms with Crippen LogP contribution < -0.4 is 4.90 Å². The molecule has 140 valence electrons. The Morgan fingerprint density at radius 1 is 1.15 bits per heavy atom. The van der Waals surface area contributed by atoms with Gasteiger partial charge in [0.15, 0.2) is 0 Å². The molecule has 1 unspecified atom stereocenters. The number of ether oxygens (including phenoxy) is 1. The van der Waals surface area contributed by atoms with Crippen LogP contribution in [0.4, 0.5) is 5.69 Å². The lowest BCUT2D eigenvalue weighted by atomic mass is 9.53. The van der Waals surface area contributed by atoms with E-state index in [1.54, 1.807) is 5.57 Å². The largest absolute Gasteiger partial charge is 0.374 e. The van der Waals surface area contributed by atoms with Crippen LogP contribution in [-0.2, 0) is 14.9 Å². The molecule has 4 fully saturated rings. The summed E-state index contributed by atoms with van der Waals surface area (Å²) in [5.74, 6) is 0.980. The molecule has 5 aliphatic heterocycles. The number of rotatable bonds is 0. The first-order valence-corrected chi connectivity index (χ1v) is 10.6. The average Bonchev–Trinajstić information content (AvgIpc) is 3.01. The van der Waals surface area contributed by atoms with Gasteiger partial charge in [0, 0.05) is 30.2 Å². The predicted molar refractivity (Wildman–Crippen MR) is 103 cm³/mol. The summed E-state index contributed by atoms with van der Waals surface area (Å²) < 4.78 is 6.18. The van der Waals surface area contributed by atoms with E-state index < -0.39 is 0 Å². The zero-order valence-corrected chi connectivity index (χ0v) is 15.7. The molecule has 3 saturated heterocycles. The molecular formula is C23H26N2O2. The number of carbonyl (C=O) groups is 1. The van der Waals surface area contributed by atoms with Crippen molar-refractivity contribution in [1.82, 2.24) is 4.90 Å². The molecule has 7 rings (SSSR count). The van der Waals surface area contributed by atoms with Crippen LogP contribution in [0.25, 0.3) is 0 Å². The molecule has 6 aliphatic rings. The minimum absolute atomic E-state index is 0.0698. The molecule has 6 bridgehead atoms. The number of carbonyl (C=O) groups excluding carboxylic acids is 1. The van der Waals surface area contributed by atoms with Crippen LogP contribution >= 0.6 is 0 Å². The van der Waals surface area contributed by atoms with Gasteiger partial charge in [0.05, 0.1) is 19.1 Å². The third kappa shape index (κ3) is 1.75. The molecule has 2 spiro atoms. The number of hydrogen-bond donors (Lipinski definition) is 0. The summed E-state index contributed by atoms with van der Waals surface area (Å²) in [5.41, 5.74) is 4.70. The van der Waals surface area contributed by atoms with Crippen molar-refractivity contribution in [2.45, 2.75) is 49.7 Å². The van der Waals surface area contributed by atoms with Crippen LogP contribution in [0.2, 0.25) is 0 Å². The number of anilines is 1. The van der Waals surface area contributed by atoms with Gasteiger partial charge in [-0.2, -0.15) is 0 Å². The smallest absolute Gasteiger partial charge is 0.229 e. The topological polar surface area (TPSA) is 32.8 Å². The molecular weight excluding hydrogens is 336 g/mol. The molecule has 5 atom stereocenters. The Morgan fingerprint density at radius 2 is 2.07 bits per heavy atom. The lowest BCUT2D eigenvalue weighted by Gasteiger charge is -2.51. The van der Waals surface area contributed by atoms with Gasteiger partial charge in [-0.05, 0) is 55.2 Å². The van der Waals surface area contributed by atoms with Crippen LogP contribution in [0.1, 0.15) is 37.7 Å². The van der Waals surface area contributed by atoms with Gasteiger partial charge in [-0.1, -0.05) is 29.8 Å². The second-order valence-corrected chi connectivity index (χ2v) is 9.82. The summed E-state index contributed by atoms with van der Waals surface area (Å²) in [5, 5.41) is 0. The Morgan fingerprint density at radius 3 is 3.04 bits per heavy atom. The molecule has 0 N–H and O–H groups in total. The Kier molecular flexibility index (Phi) is 2.74. The van der Waals surface area contributed by atoms with E-state index in [2.05, 4.69) is 40.1 Å². The molecule has 1 aromatic rings. The van der Waals surface area contributed by atoms with Crippen LogP contribution in [0.3, 0.4) is 0 Å². The molecule has 0 aromatic heterocycles. The molecule has 0 radical (unpaired) electrons. The number of amides is 1. The van der Waals surface area contributed by atoms with Crippen LogP contribution in [0.15, 0.2) is 35.9 Å². The fourth-order valence-electron chi connectivity index (χ4n) is 7.75. The van der Waals surface area contributed by atoms with Crippen molar-refractivity contribution in [1.29, 1.82) is 0 Å². The normalized spacial score (nSPS) is 44.3. The van der Waals surface area contributed by atoms with Crippen molar-refractivity contribution < 1.29 is 9.53 Å². The molecule has 1 aliphatic carbocycles. The summed E-state index contributed by atoms with van der Waals surface area (Å²) in [6, 6.07) is 9.30. The quantitative estimate of drug-likeness (QED) is 0.666. The first kappa shape index (κ1) is 15.3. The Labute approximate surface area is 160 Å². The van der Waals surface area contributed by atoms with Crippen molar-refractivity contribution in [3.8, 4) is 0 Å². The maximum absolute atomic E-state index is 13.4. The van der Waals surface area contributed by atoms with Crippen molar-refractivity contribution in [2.75, 3.05) is 31.1 Å². The average molecular weight is 362 g/mol. The highest BCUT2D eigenvalue weighted by atomic mass is 16.5. The number of fused-ring (bicyclic) bond motifs is 6. The third-order valence-corrected chi connectivity index (χ3v) is 8.78. The van der Waals surface area contributed by atoms with E-state index >= 15 is 0 Å². The van der Waals surface area contributed by atoms with E-state index in [0.717, 1.165) is 18.9 Å². The monoisotopic (exact) mass is 362 g/mol. The van der Waals surface area contributed by atoms with E-state index in [1.807, 2.05) is 0 Å². The number of hydrogen-bond acceptors (Lipinski definition) is 3. The minimum Gasteiger partial charge on any atom is -0.374 e. The summed E-state index contributed by atoms with van der Waals surface area (Å²) in [7, 11) is 0. The van der Waals surface area contributed by atoms with Gasteiger partial charge in [0.1, 0.15) is 0 Å². The summed E-state index contributed by atoms with van der Waals surface area (Å²) >= 11 is 0. The summed E-state index contributed by atoms with van der Waals surface area (Å²) in [6.45, 7) is 3.96. The molecule has 27 heavy (non-hydrogen) atoms. The Bertz CT molecular complexity index is 894. The Balaban J connectivity index is 1.46. The van der Waals surface area contributed by atoms with Crippen LogP contribution in [0.5, 0.6) is 0 Å². The zero-order valence-electron chi connectivity index (χ0n) is 15.7. The molecule has 1 aromatic carbocycles. The fraction of sp³-hybridized carbons (Fsp3) is 0.609. The van der Waals surface area contributed by atoms with Crippen LogP contribution in [-0.4, -0.2) is 49.2 Å². The molecule has 1 amide bonds. The van der Waals surface area contributed by atoms with Gasteiger partial charge in [0.25, 0.3) is 0 Å². The van der Waals surface area contributed by atoms with Crippen molar-refractivity contribution >= 4 is 11.6 Å². The first-order chi connectivity index (χ1) is 13.2. The molecule has 5 heterocycles. The van der Waals surface area contributed by atoms with Gasteiger partial charge >= 0.3 is 0 Å². The number of para-hydroxylation sites is 1. The highest BCUT2D eigenvalue weighted by Gasteiger charge is 2.63.